The molecular weight excluding hydrogens is 448 g/mol. The number of rotatable bonds is 10. The number of Topliss-reactive ketones (excluding diaryl/α,β-unsaturated/α-hetero) is 1. The van der Waals surface area contributed by atoms with Crippen LogP contribution in [-0.2, 0) is 32.1 Å². The maximum atomic E-state index is 13.1. The maximum absolute atomic E-state index is 13.1. The third kappa shape index (κ3) is 9.56. The molecule has 1 atom stereocenters. The van der Waals surface area contributed by atoms with Crippen LogP contribution in [0.25, 0.3) is 0 Å². The van der Waals surface area contributed by atoms with E-state index in [1.807, 2.05) is 30.3 Å². The number of amides is 3. The summed E-state index contributed by atoms with van der Waals surface area (Å²) in [4.78, 5) is 54.8. The van der Waals surface area contributed by atoms with Gasteiger partial charge in [0.2, 0.25) is 11.7 Å². The molecule has 0 saturated carbocycles. The number of hydrogen-bond donors (Lipinski definition) is 3. The second-order valence-corrected chi connectivity index (χ2v) is 9.82. The fraction of sp³-hybridized carbons (Fsp3) is 0.423. The standard InChI is InChI=1S/C26H34N4O5/c1-25(2,3)35-24(34)29-17-26(4,5)23(33)30-20(15-18-11-7-6-8-12-18)21(31)22(32)28-16-19-13-9-10-14-27-19/h6-14,20H,15-17H2,1-5H3,(H,28,32)(H,29,34)(H,30,33)/t20-/m1/s1. The highest BCUT2D eigenvalue weighted by Crippen LogP contribution is 2.16. The first-order valence-electron chi connectivity index (χ1n) is 11.4. The minimum absolute atomic E-state index is 0.0220. The molecule has 0 aliphatic rings. The highest BCUT2D eigenvalue weighted by Gasteiger charge is 2.34. The lowest BCUT2D eigenvalue weighted by Gasteiger charge is -2.28. The Kier molecular flexibility index (Phi) is 9.50. The van der Waals surface area contributed by atoms with Gasteiger partial charge in [-0.15, -0.1) is 0 Å². The summed E-state index contributed by atoms with van der Waals surface area (Å²) in [6.45, 7) is 8.54. The van der Waals surface area contributed by atoms with E-state index in [1.165, 1.54) is 0 Å². The predicted molar refractivity (Wildman–Crippen MR) is 131 cm³/mol. The summed E-state index contributed by atoms with van der Waals surface area (Å²) >= 11 is 0. The van der Waals surface area contributed by atoms with Gasteiger partial charge in [-0.3, -0.25) is 19.4 Å². The second kappa shape index (κ2) is 12.1. The molecule has 2 rings (SSSR count). The van der Waals surface area contributed by atoms with Crippen molar-refractivity contribution in [1.82, 2.24) is 20.9 Å². The number of ether oxygens (including phenoxy) is 1. The zero-order chi connectivity index (χ0) is 26.1. The Balaban J connectivity index is 2.08. The van der Waals surface area contributed by atoms with Crippen molar-refractivity contribution in [3.63, 3.8) is 0 Å². The van der Waals surface area contributed by atoms with Gasteiger partial charge in [-0.25, -0.2) is 4.79 Å². The largest absolute Gasteiger partial charge is 0.444 e. The summed E-state index contributed by atoms with van der Waals surface area (Å²) in [5.41, 5.74) is -0.358. The van der Waals surface area contributed by atoms with Crippen LogP contribution >= 0.6 is 0 Å². The van der Waals surface area contributed by atoms with Gasteiger partial charge in [-0.05, 0) is 52.3 Å². The zero-order valence-corrected chi connectivity index (χ0v) is 20.9. The summed E-state index contributed by atoms with van der Waals surface area (Å²) in [5, 5.41) is 7.84. The van der Waals surface area contributed by atoms with E-state index in [2.05, 4.69) is 20.9 Å². The molecule has 0 spiro atoms. The molecule has 3 amide bonds. The molecule has 0 aliphatic carbocycles. The molecule has 0 unspecified atom stereocenters. The quantitative estimate of drug-likeness (QED) is 0.447. The first-order chi connectivity index (χ1) is 16.4. The Labute approximate surface area is 206 Å². The Morgan fingerprint density at radius 1 is 0.914 bits per heavy atom. The number of carbonyl (C=O) groups excluding carboxylic acids is 4. The number of nitrogens with zero attached hydrogens (tertiary/aromatic N) is 1. The van der Waals surface area contributed by atoms with E-state index in [0.717, 1.165) is 5.56 Å². The van der Waals surface area contributed by atoms with Gasteiger partial charge < -0.3 is 20.7 Å². The second-order valence-electron chi connectivity index (χ2n) is 9.82. The van der Waals surface area contributed by atoms with Crippen molar-refractivity contribution in [3.05, 3.63) is 66.0 Å². The number of benzene rings is 1. The fourth-order valence-electron chi connectivity index (χ4n) is 3.02. The van der Waals surface area contributed by atoms with E-state index in [0.29, 0.717) is 5.69 Å². The summed E-state index contributed by atoms with van der Waals surface area (Å²) < 4.78 is 5.21. The van der Waals surface area contributed by atoms with Gasteiger partial charge >= 0.3 is 6.09 Å². The van der Waals surface area contributed by atoms with Gasteiger partial charge in [0.05, 0.1) is 17.7 Å². The van der Waals surface area contributed by atoms with Crippen LogP contribution in [0.3, 0.4) is 0 Å². The topological polar surface area (TPSA) is 126 Å². The first-order valence-corrected chi connectivity index (χ1v) is 11.4. The van der Waals surface area contributed by atoms with Gasteiger partial charge in [0.25, 0.3) is 5.91 Å². The summed E-state index contributed by atoms with van der Waals surface area (Å²) in [6, 6.07) is 13.3. The van der Waals surface area contributed by atoms with Crippen LogP contribution in [0.2, 0.25) is 0 Å². The molecule has 9 nitrogen and oxygen atoms in total. The summed E-state index contributed by atoms with van der Waals surface area (Å²) in [7, 11) is 0. The molecule has 0 fully saturated rings. The maximum Gasteiger partial charge on any atom is 0.407 e. The molecule has 1 heterocycles. The molecule has 188 valence electrons. The number of hydrogen-bond acceptors (Lipinski definition) is 6. The normalized spacial score (nSPS) is 12.3. The summed E-state index contributed by atoms with van der Waals surface area (Å²) in [5.74, 6) is -2.07. The van der Waals surface area contributed by atoms with Gasteiger partial charge in [0.15, 0.2) is 0 Å². The van der Waals surface area contributed by atoms with E-state index in [-0.39, 0.29) is 19.5 Å². The molecule has 0 saturated heterocycles. The van der Waals surface area contributed by atoms with E-state index < -0.39 is 40.7 Å². The van der Waals surface area contributed by atoms with Gasteiger partial charge in [-0.1, -0.05) is 36.4 Å². The fourth-order valence-corrected chi connectivity index (χ4v) is 3.02. The number of nitrogens with one attached hydrogen (secondary N) is 3. The number of aromatic nitrogens is 1. The van der Waals surface area contributed by atoms with Crippen molar-refractivity contribution >= 4 is 23.7 Å². The molecule has 0 radical (unpaired) electrons. The number of pyridine rings is 1. The monoisotopic (exact) mass is 482 g/mol. The molecule has 1 aromatic carbocycles. The number of alkyl carbamates (subject to hydrolysis) is 1. The van der Waals surface area contributed by atoms with Crippen molar-refractivity contribution in [1.29, 1.82) is 0 Å². The Hall–Kier alpha value is -3.75. The molecule has 1 aromatic heterocycles. The highest BCUT2D eigenvalue weighted by atomic mass is 16.6. The summed E-state index contributed by atoms with van der Waals surface area (Å²) in [6.07, 6.45) is 1.08. The van der Waals surface area contributed by atoms with Crippen molar-refractivity contribution in [3.8, 4) is 0 Å². The van der Waals surface area contributed by atoms with Crippen LogP contribution in [-0.4, -0.2) is 46.9 Å². The Bertz CT molecular complexity index is 1020. The lowest BCUT2D eigenvalue weighted by molar-refractivity contribution is -0.141. The average molecular weight is 483 g/mol. The number of ketones is 1. The lowest BCUT2D eigenvalue weighted by atomic mass is 9.91. The van der Waals surface area contributed by atoms with Gasteiger partial charge in [-0.2, -0.15) is 0 Å². The van der Waals surface area contributed by atoms with E-state index in [1.54, 1.807) is 59.0 Å². The van der Waals surface area contributed by atoms with E-state index >= 15 is 0 Å². The first kappa shape index (κ1) is 27.5. The molecule has 9 heteroatoms. The third-order valence-corrected chi connectivity index (χ3v) is 4.97. The molecule has 3 N–H and O–H groups in total. The zero-order valence-electron chi connectivity index (χ0n) is 20.9. The van der Waals surface area contributed by atoms with Gasteiger partial charge in [0, 0.05) is 19.2 Å². The molecular formula is C26H34N4O5. The average Bonchev–Trinajstić information content (AvgIpc) is 2.80. The van der Waals surface area contributed by atoms with Crippen LogP contribution in [0.5, 0.6) is 0 Å². The molecule has 0 bridgehead atoms. The lowest BCUT2D eigenvalue weighted by Crippen LogP contribution is -2.53. The van der Waals surface area contributed by atoms with E-state index in [4.69, 9.17) is 4.74 Å². The van der Waals surface area contributed by atoms with Crippen LogP contribution in [0.4, 0.5) is 4.79 Å². The van der Waals surface area contributed by atoms with Crippen LogP contribution in [0, 0.1) is 5.41 Å². The smallest absolute Gasteiger partial charge is 0.407 e. The molecule has 2 aromatic rings. The predicted octanol–water partition coefficient (Wildman–Crippen LogP) is 2.55. The van der Waals surface area contributed by atoms with Crippen molar-refractivity contribution in [2.45, 2.75) is 59.2 Å². The van der Waals surface area contributed by atoms with Crippen LogP contribution in [0.15, 0.2) is 54.7 Å². The van der Waals surface area contributed by atoms with Crippen molar-refractivity contribution in [2.24, 2.45) is 5.41 Å². The van der Waals surface area contributed by atoms with Crippen LogP contribution in [0.1, 0.15) is 45.9 Å². The molecule has 0 aliphatic heterocycles. The van der Waals surface area contributed by atoms with E-state index in [9.17, 15) is 19.2 Å². The Morgan fingerprint density at radius 3 is 2.17 bits per heavy atom. The third-order valence-electron chi connectivity index (χ3n) is 4.97. The Morgan fingerprint density at radius 2 is 1.57 bits per heavy atom. The van der Waals surface area contributed by atoms with Crippen molar-refractivity contribution in [2.75, 3.05) is 6.54 Å². The molecule has 35 heavy (non-hydrogen) atoms. The van der Waals surface area contributed by atoms with Crippen molar-refractivity contribution < 1.29 is 23.9 Å². The minimum atomic E-state index is -1.09. The highest BCUT2D eigenvalue weighted by molar-refractivity contribution is 6.38. The minimum Gasteiger partial charge on any atom is -0.444 e. The van der Waals surface area contributed by atoms with Crippen LogP contribution < -0.4 is 16.0 Å². The van der Waals surface area contributed by atoms with Gasteiger partial charge in [0.1, 0.15) is 11.6 Å². The number of carbonyl (C=O) groups is 4. The SMILES string of the molecule is CC(C)(C)OC(=O)NCC(C)(C)C(=O)N[C@H](Cc1ccccc1)C(=O)C(=O)NCc1ccccn1.